The van der Waals surface area contributed by atoms with Gasteiger partial charge >= 0.3 is 0 Å². The fraction of sp³-hybridized carbons (Fsp3) is 0.455. The average molecular weight is 195 g/mol. The van der Waals surface area contributed by atoms with Crippen molar-refractivity contribution >= 4 is 11.7 Å². The Balaban J connectivity index is 3.60. The maximum Gasteiger partial charge on any atom is 0.227 e. The summed E-state index contributed by atoms with van der Waals surface area (Å²) in [5.41, 5.74) is 0. The molecule has 0 saturated carbocycles. The van der Waals surface area contributed by atoms with Gasteiger partial charge in [-0.25, -0.2) is 0 Å². The summed E-state index contributed by atoms with van der Waals surface area (Å²) in [4.78, 5) is 22.1. The SMILES string of the molecule is CC=CCCNC(=O)CC(=O)C=CC. The van der Waals surface area contributed by atoms with Crippen molar-refractivity contribution in [1.82, 2.24) is 5.32 Å². The van der Waals surface area contributed by atoms with E-state index in [0.29, 0.717) is 6.54 Å². The maximum absolute atomic E-state index is 11.1. The highest BCUT2D eigenvalue weighted by molar-refractivity contribution is 6.03. The summed E-state index contributed by atoms with van der Waals surface area (Å²) in [6.07, 6.45) is 7.69. The molecule has 0 aliphatic heterocycles. The van der Waals surface area contributed by atoms with Crippen molar-refractivity contribution in [2.45, 2.75) is 26.7 Å². The smallest absolute Gasteiger partial charge is 0.227 e. The monoisotopic (exact) mass is 195 g/mol. The van der Waals surface area contributed by atoms with Crippen LogP contribution in [-0.2, 0) is 9.59 Å². The van der Waals surface area contributed by atoms with Crippen LogP contribution >= 0.6 is 0 Å². The topological polar surface area (TPSA) is 46.2 Å². The highest BCUT2D eigenvalue weighted by Gasteiger charge is 2.04. The second-order valence-corrected chi connectivity index (χ2v) is 2.85. The molecule has 0 spiro atoms. The Morgan fingerprint density at radius 1 is 1.21 bits per heavy atom. The number of allylic oxidation sites excluding steroid dienone is 3. The van der Waals surface area contributed by atoms with Crippen LogP contribution in [0.4, 0.5) is 0 Å². The molecule has 0 atom stereocenters. The van der Waals surface area contributed by atoms with Gasteiger partial charge in [-0.05, 0) is 26.3 Å². The summed E-state index contributed by atoms with van der Waals surface area (Å²) in [5.74, 6) is -0.367. The van der Waals surface area contributed by atoms with Crippen molar-refractivity contribution in [1.29, 1.82) is 0 Å². The maximum atomic E-state index is 11.1. The van der Waals surface area contributed by atoms with Crippen LogP contribution in [0.15, 0.2) is 24.3 Å². The van der Waals surface area contributed by atoms with E-state index < -0.39 is 0 Å². The van der Waals surface area contributed by atoms with E-state index in [0.717, 1.165) is 6.42 Å². The van der Waals surface area contributed by atoms with Gasteiger partial charge in [0.05, 0.1) is 6.42 Å². The molecule has 0 aromatic carbocycles. The van der Waals surface area contributed by atoms with Crippen molar-refractivity contribution in [3.05, 3.63) is 24.3 Å². The number of ketones is 1. The molecule has 3 nitrogen and oxygen atoms in total. The predicted octanol–water partition coefficient (Wildman–Crippen LogP) is 1.60. The normalized spacial score (nSPS) is 11.0. The second-order valence-electron chi connectivity index (χ2n) is 2.85. The lowest BCUT2D eigenvalue weighted by atomic mass is 10.2. The molecule has 0 bridgehead atoms. The standard InChI is InChI=1S/C11H17NO2/c1-3-5-6-8-12-11(14)9-10(13)7-4-2/h3-5,7H,6,8-9H2,1-2H3,(H,12,14). The highest BCUT2D eigenvalue weighted by atomic mass is 16.2. The third-order valence-electron chi connectivity index (χ3n) is 1.56. The Kier molecular flexibility index (Phi) is 7.42. The van der Waals surface area contributed by atoms with Gasteiger partial charge in [0.1, 0.15) is 0 Å². The zero-order chi connectivity index (χ0) is 10.8. The van der Waals surface area contributed by atoms with E-state index in [4.69, 9.17) is 0 Å². The molecule has 0 aliphatic rings. The minimum absolute atomic E-state index is 0.0554. The molecule has 0 heterocycles. The number of hydrogen-bond donors (Lipinski definition) is 1. The van der Waals surface area contributed by atoms with Crippen molar-refractivity contribution < 1.29 is 9.59 Å². The Labute approximate surface area is 84.9 Å². The zero-order valence-electron chi connectivity index (χ0n) is 8.75. The fourth-order valence-electron chi connectivity index (χ4n) is 0.927. The quantitative estimate of drug-likeness (QED) is 0.303. The van der Waals surface area contributed by atoms with Gasteiger partial charge in [-0.2, -0.15) is 0 Å². The largest absolute Gasteiger partial charge is 0.355 e. The molecule has 0 rings (SSSR count). The van der Waals surface area contributed by atoms with Gasteiger partial charge in [0, 0.05) is 6.54 Å². The second kappa shape index (κ2) is 8.23. The van der Waals surface area contributed by atoms with Crippen molar-refractivity contribution in [2.75, 3.05) is 6.54 Å². The number of carbonyl (C=O) groups is 2. The third-order valence-corrected chi connectivity index (χ3v) is 1.56. The van der Waals surface area contributed by atoms with Gasteiger partial charge in [-0.3, -0.25) is 9.59 Å². The molecule has 14 heavy (non-hydrogen) atoms. The number of carbonyl (C=O) groups excluding carboxylic acids is 2. The van der Waals surface area contributed by atoms with Gasteiger partial charge in [0.15, 0.2) is 5.78 Å². The lowest BCUT2D eigenvalue weighted by Gasteiger charge is -2.00. The molecule has 1 amide bonds. The predicted molar refractivity (Wildman–Crippen MR) is 56.9 cm³/mol. The van der Waals surface area contributed by atoms with Crippen LogP contribution in [0.1, 0.15) is 26.7 Å². The molecule has 0 aromatic rings. The minimum Gasteiger partial charge on any atom is -0.355 e. The first kappa shape index (κ1) is 12.6. The average Bonchev–Trinajstić information content (AvgIpc) is 2.13. The van der Waals surface area contributed by atoms with Crippen LogP contribution in [0.3, 0.4) is 0 Å². The van der Waals surface area contributed by atoms with E-state index in [1.165, 1.54) is 6.08 Å². The summed E-state index contributed by atoms with van der Waals surface area (Å²) in [5, 5.41) is 2.66. The van der Waals surface area contributed by atoms with Crippen LogP contribution in [0.5, 0.6) is 0 Å². The number of nitrogens with one attached hydrogen (secondary N) is 1. The van der Waals surface area contributed by atoms with E-state index in [1.807, 2.05) is 19.1 Å². The Hall–Kier alpha value is -1.38. The van der Waals surface area contributed by atoms with Gasteiger partial charge in [-0.1, -0.05) is 18.2 Å². The van der Waals surface area contributed by atoms with E-state index >= 15 is 0 Å². The Bertz CT molecular complexity index is 242. The van der Waals surface area contributed by atoms with Crippen LogP contribution in [-0.4, -0.2) is 18.2 Å². The van der Waals surface area contributed by atoms with Gasteiger partial charge in [-0.15, -0.1) is 0 Å². The molecule has 0 radical (unpaired) electrons. The lowest BCUT2D eigenvalue weighted by Crippen LogP contribution is -2.25. The van der Waals surface area contributed by atoms with E-state index in [2.05, 4.69) is 5.32 Å². The highest BCUT2D eigenvalue weighted by Crippen LogP contribution is 1.87. The van der Waals surface area contributed by atoms with Crippen LogP contribution < -0.4 is 5.32 Å². The van der Waals surface area contributed by atoms with E-state index in [9.17, 15) is 9.59 Å². The van der Waals surface area contributed by atoms with Crippen molar-refractivity contribution in [2.24, 2.45) is 0 Å². The Morgan fingerprint density at radius 2 is 1.93 bits per heavy atom. The first-order valence-electron chi connectivity index (χ1n) is 4.74. The molecular weight excluding hydrogens is 178 g/mol. The van der Waals surface area contributed by atoms with E-state index in [1.54, 1.807) is 13.0 Å². The van der Waals surface area contributed by atoms with Gasteiger partial charge < -0.3 is 5.32 Å². The molecular formula is C11H17NO2. The Morgan fingerprint density at radius 3 is 2.50 bits per heavy atom. The van der Waals surface area contributed by atoms with Crippen LogP contribution in [0.2, 0.25) is 0 Å². The number of hydrogen-bond acceptors (Lipinski definition) is 2. The van der Waals surface area contributed by atoms with Gasteiger partial charge in [0.25, 0.3) is 0 Å². The first-order chi connectivity index (χ1) is 6.70. The summed E-state index contributed by atoms with van der Waals surface area (Å²) < 4.78 is 0. The summed E-state index contributed by atoms with van der Waals surface area (Å²) in [7, 11) is 0. The van der Waals surface area contributed by atoms with E-state index in [-0.39, 0.29) is 18.1 Å². The molecule has 0 aliphatic carbocycles. The summed E-state index contributed by atoms with van der Waals surface area (Å²) in [6, 6.07) is 0. The fourth-order valence-corrected chi connectivity index (χ4v) is 0.927. The number of amides is 1. The summed E-state index contributed by atoms with van der Waals surface area (Å²) >= 11 is 0. The van der Waals surface area contributed by atoms with Crippen molar-refractivity contribution in [3.63, 3.8) is 0 Å². The number of rotatable bonds is 6. The molecule has 0 fully saturated rings. The molecule has 78 valence electrons. The van der Waals surface area contributed by atoms with Gasteiger partial charge in [0.2, 0.25) is 5.91 Å². The van der Waals surface area contributed by atoms with Crippen LogP contribution in [0, 0.1) is 0 Å². The van der Waals surface area contributed by atoms with Crippen molar-refractivity contribution in [3.8, 4) is 0 Å². The molecule has 0 aromatic heterocycles. The molecule has 0 saturated heterocycles. The third kappa shape index (κ3) is 7.28. The summed E-state index contributed by atoms with van der Waals surface area (Å²) in [6.45, 7) is 4.27. The first-order valence-corrected chi connectivity index (χ1v) is 4.74. The molecule has 0 unspecified atom stereocenters. The minimum atomic E-state index is -0.211. The zero-order valence-corrected chi connectivity index (χ0v) is 8.75. The molecule has 3 heteroatoms. The lowest BCUT2D eigenvalue weighted by molar-refractivity contribution is -0.126. The van der Waals surface area contributed by atoms with Crippen LogP contribution in [0.25, 0.3) is 0 Å². The molecule has 1 N–H and O–H groups in total.